The largest absolute Gasteiger partial charge is 0.494 e. The number of nitrogens with one attached hydrogen (secondary N) is 2. The van der Waals surface area contributed by atoms with Crippen LogP contribution in [0.1, 0.15) is 0 Å². The number of nitrogens with zero attached hydrogens (tertiary/aromatic N) is 1. The summed E-state index contributed by atoms with van der Waals surface area (Å²) in [7, 11) is 1.40. The van der Waals surface area contributed by atoms with E-state index in [-0.39, 0.29) is 17.5 Å². The van der Waals surface area contributed by atoms with Crippen molar-refractivity contribution in [3.05, 3.63) is 58.7 Å². The van der Waals surface area contributed by atoms with Crippen molar-refractivity contribution in [3.63, 3.8) is 0 Å². The average molecular weight is 452 g/mol. The lowest BCUT2D eigenvalue weighted by molar-refractivity contribution is -0.121. The number of methoxy groups -OCH3 is 1. The standard InChI is InChI=1S/C19H15ClFN3O3S2/c1-26-16-7-6-11(8-13(16)21)14-10-29-19(22-14)24-18(28)23-17(25)9-27-15-5-3-2-4-12(15)20/h2-8,10H,9H2,1H3,(H2,22,23,24,25,28). The first-order chi connectivity index (χ1) is 14.0. The number of ether oxygens (including phenoxy) is 2. The van der Waals surface area contributed by atoms with Crippen LogP contribution in [-0.2, 0) is 4.79 Å². The summed E-state index contributed by atoms with van der Waals surface area (Å²) in [5.74, 6) is -0.366. The minimum atomic E-state index is -0.478. The fraction of sp³-hybridized carbons (Fsp3) is 0.105. The van der Waals surface area contributed by atoms with E-state index in [0.29, 0.717) is 27.2 Å². The van der Waals surface area contributed by atoms with E-state index in [0.717, 1.165) is 0 Å². The summed E-state index contributed by atoms with van der Waals surface area (Å²) in [5, 5.41) is 7.99. The molecule has 6 nitrogen and oxygen atoms in total. The summed E-state index contributed by atoms with van der Waals surface area (Å²) >= 11 is 12.3. The molecule has 1 amide bonds. The summed E-state index contributed by atoms with van der Waals surface area (Å²) in [4.78, 5) is 16.3. The number of rotatable bonds is 6. The Kier molecular flexibility index (Phi) is 6.97. The summed E-state index contributed by atoms with van der Waals surface area (Å²) in [6, 6.07) is 11.4. The van der Waals surface area contributed by atoms with Crippen LogP contribution >= 0.6 is 35.2 Å². The van der Waals surface area contributed by atoms with E-state index in [1.165, 1.54) is 30.6 Å². The van der Waals surface area contributed by atoms with Gasteiger partial charge in [0.05, 0.1) is 17.8 Å². The molecule has 10 heteroatoms. The predicted octanol–water partition coefficient (Wildman–Crippen LogP) is 4.50. The molecule has 0 unspecified atom stereocenters. The molecule has 0 saturated heterocycles. The first-order valence-corrected chi connectivity index (χ1v) is 9.90. The lowest BCUT2D eigenvalue weighted by atomic mass is 10.1. The highest BCUT2D eigenvalue weighted by Gasteiger charge is 2.11. The Balaban J connectivity index is 1.54. The zero-order valence-corrected chi connectivity index (χ0v) is 17.5. The third-order valence-electron chi connectivity index (χ3n) is 3.62. The number of carbonyl (C=O) groups is 1. The van der Waals surface area contributed by atoms with Crippen molar-refractivity contribution >= 4 is 51.3 Å². The van der Waals surface area contributed by atoms with Gasteiger partial charge in [0.2, 0.25) is 0 Å². The SMILES string of the molecule is COc1ccc(-c2csc(NC(=S)NC(=O)COc3ccccc3Cl)n2)cc1F. The lowest BCUT2D eigenvalue weighted by Gasteiger charge is -2.09. The number of aromatic nitrogens is 1. The van der Waals surface area contributed by atoms with Gasteiger partial charge in [-0.25, -0.2) is 9.37 Å². The van der Waals surface area contributed by atoms with E-state index >= 15 is 0 Å². The van der Waals surface area contributed by atoms with Gasteiger partial charge in [-0.15, -0.1) is 11.3 Å². The van der Waals surface area contributed by atoms with Gasteiger partial charge in [-0.2, -0.15) is 0 Å². The van der Waals surface area contributed by atoms with Gasteiger partial charge < -0.3 is 14.8 Å². The molecule has 2 aromatic carbocycles. The van der Waals surface area contributed by atoms with Crippen LogP contribution in [0.4, 0.5) is 9.52 Å². The summed E-state index contributed by atoms with van der Waals surface area (Å²) in [6.45, 7) is -0.250. The Labute approximate surface area is 180 Å². The molecule has 0 spiro atoms. The third-order valence-corrected chi connectivity index (χ3v) is 4.89. The fourth-order valence-corrected chi connectivity index (χ4v) is 3.48. The van der Waals surface area contributed by atoms with Gasteiger partial charge in [0, 0.05) is 10.9 Å². The number of hydrogen-bond donors (Lipinski definition) is 2. The number of thiazole rings is 1. The second-order valence-corrected chi connectivity index (χ2v) is 7.28. The number of carbonyl (C=O) groups excluding carboxylic acids is 1. The maximum atomic E-state index is 13.9. The van der Waals surface area contributed by atoms with Crippen molar-refractivity contribution in [1.82, 2.24) is 10.3 Å². The first-order valence-electron chi connectivity index (χ1n) is 8.24. The first kappa shape index (κ1) is 21.0. The Hall–Kier alpha value is -2.75. The molecule has 1 aromatic heterocycles. The Morgan fingerprint density at radius 2 is 2.07 bits per heavy atom. The van der Waals surface area contributed by atoms with Crippen molar-refractivity contribution in [2.45, 2.75) is 0 Å². The summed E-state index contributed by atoms with van der Waals surface area (Å²) < 4.78 is 24.1. The van der Waals surface area contributed by atoms with Crippen LogP contribution < -0.4 is 20.1 Å². The van der Waals surface area contributed by atoms with Gasteiger partial charge >= 0.3 is 0 Å². The van der Waals surface area contributed by atoms with Gasteiger partial charge in [0.25, 0.3) is 5.91 Å². The van der Waals surface area contributed by atoms with Gasteiger partial charge in [0.1, 0.15) is 5.75 Å². The van der Waals surface area contributed by atoms with Crippen LogP contribution in [0.5, 0.6) is 11.5 Å². The topological polar surface area (TPSA) is 72.5 Å². The molecule has 3 rings (SSSR count). The molecule has 29 heavy (non-hydrogen) atoms. The van der Waals surface area contributed by atoms with E-state index < -0.39 is 11.7 Å². The number of para-hydroxylation sites is 1. The summed E-state index contributed by atoms with van der Waals surface area (Å²) in [5.41, 5.74) is 1.16. The van der Waals surface area contributed by atoms with Crippen molar-refractivity contribution < 1.29 is 18.7 Å². The molecule has 0 aliphatic carbocycles. The van der Waals surface area contributed by atoms with Crippen LogP contribution in [0, 0.1) is 5.82 Å². The molecule has 0 aliphatic heterocycles. The Morgan fingerprint density at radius 3 is 2.79 bits per heavy atom. The minimum Gasteiger partial charge on any atom is -0.494 e. The van der Waals surface area contributed by atoms with Crippen LogP contribution in [-0.4, -0.2) is 29.7 Å². The molecule has 0 radical (unpaired) electrons. The monoisotopic (exact) mass is 451 g/mol. The predicted molar refractivity (Wildman–Crippen MR) is 115 cm³/mol. The highest BCUT2D eigenvalue weighted by molar-refractivity contribution is 7.80. The Bertz CT molecular complexity index is 1050. The number of amides is 1. The van der Waals surface area contributed by atoms with Crippen molar-refractivity contribution in [2.24, 2.45) is 0 Å². The molecule has 1 heterocycles. The molecule has 0 atom stereocenters. The third kappa shape index (κ3) is 5.63. The quantitative estimate of drug-likeness (QED) is 0.537. The zero-order chi connectivity index (χ0) is 20.8. The smallest absolute Gasteiger partial charge is 0.264 e. The van der Waals surface area contributed by atoms with Gasteiger partial charge in [0.15, 0.2) is 28.4 Å². The number of thiocarbonyl (C=S) groups is 1. The normalized spacial score (nSPS) is 10.3. The maximum absolute atomic E-state index is 13.9. The van der Waals surface area contributed by atoms with Crippen LogP contribution in [0.25, 0.3) is 11.3 Å². The highest BCUT2D eigenvalue weighted by atomic mass is 35.5. The molecular formula is C19H15ClFN3O3S2. The van der Waals surface area contributed by atoms with Gasteiger partial charge in [-0.1, -0.05) is 23.7 Å². The maximum Gasteiger partial charge on any atom is 0.264 e. The van der Waals surface area contributed by atoms with Gasteiger partial charge in [-0.05, 0) is 42.5 Å². The summed E-state index contributed by atoms with van der Waals surface area (Å²) in [6.07, 6.45) is 0. The zero-order valence-electron chi connectivity index (χ0n) is 15.1. The van der Waals surface area contributed by atoms with Crippen molar-refractivity contribution in [3.8, 4) is 22.8 Å². The molecule has 2 N–H and O–H groups in total. The number of benzene rings is 2. The van der Waals surface area contributed by atoms with Crippen molar-refractivity contribution in [1.29, 1.82) is 0 Å². The van der Waals surface area contributed by atoms with Crippen molar-refractivity contribution in [2.75, 3.05) is 19.0 Å². The van der Waals surface area contributed by atoms with E-state index in [4.69, 9.17) is 33.3 Å². The number of hydrogen-bond acceptors (Lipinski definition) is 6. The van der Waals surface area contributed by atoms with E-state index in [9.17, 15) is 9.18 Å². The van der Waals surface area contributed by atoms with E-state index in [1.807, 2.05) is 0 Å². The molecular weight excluding hydrogens is 437 g/mol. The molecule has 0 fully saturated rings. The molecule has 0 saturated carbocycles. The number of halogens is 2. The van der Waals surface area contributed by atoms with Crippen LogP contribution in [0.2, 0.25) is 5.02 Å². The van der Waals surface area contributed by atoms with Gasteiger partial charge in [-0.3, -0.25) is 10.1 Å². The second-order valence-electron chi connectivity index (χ2n) is 5.61. The number of anilines is 1. The fourth-order valence-electron chi connectivity index (χ4n) is 2.29. The molecule has 0 aliphatic rings. The lowest BCUT2D eigenvalue weighted by Crippen LogP contribution is -2.37. The minimum absolute atomic E-state index is 0.0690. The molecule has 0 bridgehead atoms. The average Bonchev–Trinajstić information content (AvgIpc) is 3.15. The highest BCUT2D eigenvalue weighted by Crippen LogP contribution is 2.28. The second kappa shape index (κ2) is 9.64. The molecule has 3 aromatic rings. The van der Waals surface area contributed by atoms with E-state index in [2.05, 4.69) is 15.6 Å². The Morgan fingerprint density at radius 1 is 1.28 bits per heavy atom. The molecule has 150 valence electrons. The van der Waals surface area contributed by atoms with Crippen LogP contribution in [0.15, 0.2) is 47.8 Å². The van der Waals surface area contributed by atoms with E-state index in [1.54, 1.807) is 35.7 Å². The van der Waals surface area contributed by atoms with Crippen LogP contribution in [0.3, 0.4) is 0 Å².